The van der Waals surface area contributed by atoms with Crippen molar-refractivity contribution >= 4 is 12.2 Å². The van der Waals surface area contributed by atoms with Crippen LogP contribution in [0.2, 0.25) is 0 Å². The topological polar surface area (TPSA) is 48.7 Å². The van der Waals surface area contributed by atoms with Crippen LogP contribution in [0.25, 0.3) is 12.2 Å². The second kappa shape index (κ2) is 5.91. The third-order valence-electron chi connectivity index (χ3n) is 2.44. The summed E-state index contributed by atoms with van der Waals surface area (Å²) in [6.07, 6.45) is 3.27. The molecule has 0 N–H and O–H groups in total. The Morgan fingerprint density at radius 1 is 1.11 bits per heavy atom. The number of ether oxygens (including phenoxy) is 2. The van der Waals surface area contributed by atoms with Crippen LogP contribution in [0.4, 0.5) is 0 Å². The van der Waals surface area contributed by atoms with Crippen molar-refractivity contribution in [3.63, 3.8) is 0 Å². The summed E-state index contributed by atoms with van der Waals surface area (Å²) >= 11 is 0. The van der Waals surface area contributed by atoms with Gasteiger partial charge in [0.2, 0.25) is 0 Å². The summed E-state index contributed by atoms with van der Waals surface area (Å²) in [5.41, 5.74) is 0.182. The van der Waals surface area contributed by atoms with Gasteiger partial charge >= 0.3 is 5.63 Å². The maximum Gasteiger partial charge on any atom is 0.339 e. The molecule has 2 rings (SSSR count). The second-order valence-electron chi connectivity index (χ2n) is 3.72. The average molecular weight is 261 g/mol. The lowest BCUT2D eigenvalue weighted by molar-refractivity contribution is 0.400. The fourth-order valence-electron chi connectivity index (χ4n) is 1.51. The first-order valence-corrected chi connectivity index (χ1v) is 5.52. The average Bonchev–Trinajstić information content (AvgIpc) is 2.43. The van der Waals surface area contributed by atoms with Crippen LogP contribution in [-0.2, 0) is 0 Å². The number of benzene rings is 1. The zero-order valence-electron chi connectivity index (χ0n) is 13.3. The van der Waals surface area contributed by atoms with E-state index in [0.717, 1.165) is 17.4 Å². The normalized spacial score (nSPS) is 13.6. The molecule has 0 radical (unpaired) electrons. The predicted molar refractivity (Wildman–Crippen MR) is 73.5 cm³/mol. The molecule has 4 heteroatoms. The Morgan fingerprint density at radius 2 is 1.89 bits per heavy atom. The van der Waals surface area contributed by atoms with Gasteiger partial charge in [-0.25, -0.2) is 4.79 Å². The van der Waals surface area contributed by atoms with Crippen LogP contribution < -0.4 is 15.1 Å². The van der Waals surface area contributed by atoms with Gasteiger partial charge < -0.3 is 13.9 Å². The molecule has 0 fully saturated rings. The first-order valence-electron chi connectivity index (χ1n) is 7.02. The highest BCUT2D eigenvalue weighted by Crippen LogP contribution is 2.15. The number of hydrogen-bond acceptors (Lipinski definition) is 4. The summed E-state index contributed by atoms with van der Waals surface area (Å²) in [6.45, 7) is 0. The monoisotopic (exact) mass is 261 g/mol. The molecule has 19 heavy (non-hydrogen) atoms. The number of hydrogen-bond donors (Lipinski definition) is 0. The van der Waals surface area contributed by atoms with Crippen molar-refractivity contribution in [2.45, 2.75) is 0 Å². The minimum absolute atomic E-state index is 0.0642. The van der Waals surface area contributed by atoms with Gasteiger partial charge in [0.1, 0.15) is 17.3 Å². The first kappa shape index (κ1) is 9.44. The molecule has 1 aromatic carbocycles. The molecule has 0 bridgehead atoms. The van der Waals surface area contributed by atoms with E-state index in [-0.39, 0.29) is 11.5 Å². The van der Waals surface area contributed by atoms with E-state index < -0.39 is 12.7 Å². The number of methoxy groups -OCH3 is 2. The van der Waals surface area contributed by atoms with Crippen molar-refractivity contribution in [2.75, 3.05) is 14.1 Å². The van der Waals surface area contributed by atoms with Crippen molar-refractivity contribution < 1.29 is 18.0 Å². The molecule has 2 aromatic rings. The zero-order valence-corrected chi connectivity index (χ0v) is 10.3. The molecular weight excluding hydrogens is 244 g/mol. The molecule has 0 saturated carbocycles. The highest BCUT2D eigenvalue weighted by molar-refractivity contribution is 5.67. The highest BCUT2D eigenvalue weighted by Gasteiger charge is 1.98. The van der Waals surface area contributed by atoms with Crippen LogP contribution in [0.5, 0.6) is 11.5 Å². The zero-order chi connectivity index (χ0) is 16.2. The summed E-state index contributed by atoms with van der Waals surface area (Å²) in [5.74, 6) is 0.866. The largest absolute Gasteiger partial charge is 0.497 e. The fourth-order valence-corrected chi connectivity index (χ4v) is 1.51. The number of rotatable bonds is 4. The quantitative estimate of drug-likeness (QED) is 0.849. The van der Waals surface area contributed by atoms with Crippen LogP contribution in [0.1, 0.15) is 15.4 Å². The second-order valence-corrected chi connectivity index (χ2v) is 3.72. The standard InChI is InChI=1S/C15H14O4/c1-17-12-6-3-11(4-7-12)5-8-13-9-14(18-2)10-15(16)19-13/h3-10H,1-2H3/b8-5+/i2D3. The van der Waals surface area contributed by atoms with Gasteiger partial charge in [0.25, 0.3) is 0 Å². The van der Waals surface area contributed by atoms with Gasteiger partial charge in [-0.2, -0.15) is 0 Å². The molecule has 0 aliphatic rings. The van der Waals surface area contributed by atoms with E-state index in [9.17, 15) is 4.79 Å². The minimum Gasteiger partial charge on any atom is -0.497 e. The van der Waals surface area contributed by atoms with E-state index in [4.69, 9.17) is 18.0 Å². The summed E-state index contributed by atoms with van der Waals surface area (Å²) in [6, 6.07) is 9.57. The fraction of sp³-hybridized carbons (Fsp3) is 0.133. The SMILES string of the molecule is [2H]C([2H])([2H])Oc1cc(/C=C/c2ccc(OC)cc2)oc(=O)c1. The van der Waals surface area contributed by atoms with Gasteiger partial charge in [0, 0.05) is 6.07 Å². The van der Waals surface area contributed by atoms with Gasteiger partial charge in [-0.3, -0.25) is 0 Å². The van der Waals surface area contributed by atoms with E-state index in [1.165, 1.54) is 6.07 Å². The smallest absolute Gasteiger partial charge is 0.339 e. The molecule has 0 saturated heterocycles. The molecule has 0 aliphatic carbocycles. The molecule has 0 aliphatic heterocycles. The molecule has 1 heterocycles. The van der Waals surface area contributed by atoms with Crippen molar-refractivity contribution in [2.24, 2.45) is 0 Å². The van der Waals surface area contributed by atoms with Crippen LogP contribution in [0, 0.1) is 0 Å². The van der Waals surface area contributed by atoms with Crippen molar-refractivity contribution in [1.82, 2.24) is 0 Å². The van der Waals surface area contributed by atoms with Crippen LogP contribution in [-0.4, -0.2) is 14.1 Å². The Balaban J connectivity index is 2.21. The van der Waals surface area contributed by atoms with Crippen LogP contribution in [0.3, 0.4) is 0 Å². The summed E-state index contributed by atoms with van der Waals surface area (Å²) in [4.78, 5) is 11.4. The summed E-state index contributed by atoms with van der Waals surface area (Å²) < 4.78 is 35.8. The van der Waals surface area contributed by atoms with Crippen molar-refractivity contribution in [3.8, 4) is 11.5 Å². The van der Waals surface area contributed by atoms with E-state index >= 15 is 0 Å². The van der Waals surface area contributed by atoms with E-state index in [1.54, 1.807) is 31.4 Å². The lowest BCUT2D eigenvalue weighted by atomic mass is 10.2. The molecule has 4 nitrogen and oxygen atoms in total. The summed E-state index contributed by atoms with van der Waals surface area (Å²) in [7, 11) is -1.04. The lowest BCUT2D eigenvalue weighted by Crippen LogP contribution is -1.98. The Labute approximate surface area is 115 Å². The van der Waals surface area contributed by atoms with Gasteiger partial charge in [-0.1, -0.05) is 18.2 Å². The third kappa shape index (κ3) is 3.48. The molecule has 98 valence electrons. The molecule has 0 spiro atoms. The Bertz CT molecular complexity index is 715. The van der Waals surface area contributed by atoms with Crippen molar-refractivity contribution in [1.29, 1.82) is 0 Å². The van der Waals surface area contributed by atoms with Crippen LogP contribution in [0.15, 0.2) is 45.6 Å². The van der Waals surface area contributed by atoms with Gasteiger partial charge in [0.05, 0.1) is 24.3 Å². The van der Waals surface area contributed by atoms with E-state index in [2.05, 4.69) is 0 Å². The van der Waals surface area contributed by atoms with Gasteiger partial charge in [0.15, 0.2) is 0 Å². The third-order valence-corrected chi connectivity index (χ3v) is 2.44. The van der Waals surface area contributed by atoms with Crippen LogP contribution >= 0.6 is 0 Å². The van der Waals surface area contributed by atoms with Gasteiger partial charge in [-0.15, -0.1) is 0 Å². The van der Waals surface area contributed by atoms with Gasteiger partial charge in [-0.05, 0) is 23.8 Å². The van der Waals surface area contributed by atoms with E-state index in [0.29, 0.717) is 0 Å². The minimum atomic E-state index is -2.62. The lowest BCUT2D eigenvalue weighted by Gasteiger charge is -2.00. The predicted octanol–water partition coefficient (Wildman–Crippen LogP) is 2.83. The Kier molecular flexibility index (Phi) is 2.94. The van der Waals surface area contributed by atoms with E-state index in [1.807, 2.05) is 12.1 Å². The Hall–Kier alpha value is -2.49. The molecule has 1 aromatic heterocycles. The summed E-state index contributed by atoms with van der Waals surface area (Å²) in [5, 5.41) is 0. The highest BCUT2D eigenvalue weighted by atomic mass is 16.5. The molecule has 0 amide bonds. The maximum atomic E-state index is 11.4. The molecule has 0 atom stereocenters. The maximum absolute atomic E-state index is 11.4. The first-order chi connectivity index (χ1) is 10.4. The molecular formula is C15H14O4. The van der Waals surface area contributed by atoms with Crippen molar-refractivity contribution in [3.05, 3.63) is 58.1 Å². The Morgan fingerprint density at radius 3 is 2.58 bits per heavy atom. The molecule has 0 unspecified atom stereocenters.